The van der Waals surface area contributed by atoms with E-state index >= 15 is 0 Å². The first kappa shape index (κ1) is 24.1. The van der Waals surface area contributed by atoms with Crippen molar-refractivity contribution in [2.45, 2.75) is 6.92 Å². The second-order valence-corrected chi connectivity index (χ2v) is 8.85. The van der Waals surface area contributed by atoms with Crippen LogP contribution in [0.3, 0.4) is 0 Å². The topological polar surface area (TPSA) is 142 Å². The monoisotopic (exact) mass is 452 g/mol. The minimum absolute atomic E-state index is 0.0428. The predicted octanol–water partition coefficient (Wildman–Crippen LogP) is 0.868. The van der Waals surface area contributed by atoms with Gasteiger partial charge in [-0.1, -0.05) is 30.3 Å². The van der Waals surface area contributed by atoms with Crippen molar-refractivity contribution in [2.24, 2.45) is 0 Å². The zero-order chi connectivity index (χ0) is 23.0. The predicted molar refractivity (Wildman–Crippen MR) is 112 cm³/mol. The average molecular weight is 452 g/mol. The van der Waals surface area contributed by atoms with Crippen LogP contribution in [0, 0.1) is 0 Å². The van der Waals surface area contributed by atoms with Crippen LogP contribution in [0.2, 0.25) is 0 Å². The van der Waals surface area contributed by atoms with E-state index in [1.165, 1.54) is 4.31 Å². The summed E-state index contributed by atoms with van der Waals surface area (Å²) in [5.41, 5.74) is 0. The van der Waals surface area contributed by atoms with Gasteiger partial charge in [-0.15, -0.1) is 0 Å². The number of aliphatic carboxylic acids is 2. The highest BCUT2D eigenvalue weighted by molar-refractivity contribution is 7.89. The fourth-order valence-corrected chi connectivity index (χ4v) is 3.98. The van der Waals surface area contributed by atoms with E-state index < -0.39 is 22.0 Å². The third-order valence-corrected chi connectivity index (χ3v) is 6.50. The molecule has 1 aliphatic rings. The molecule has 0 atom stereocenters. The van der Waals surface area contributed by atoms with E-state index in [1.54, 1.807) is 11.8 Å². The Morgan fingerprint density at radius 3 is 2.06 bits per heavy atom. The minimum Gasteiger partial charge on any atom is -0.484 e. The maximum atomic E-state index is 12.3. The van der Waals surface area contributed by atoms with Crippen LogP contribution in [0.15, 0.2) is 42.5 Å². The molecule has 2 aromatic rings. The molecule has 1 fully saturated rings. The first-order valence-corrected chi connectivity index (χ1v) is 11.1. The Kier molecular flexibility index (Phi) is 8.34. The molecule has 0 radical (unpaired) electrons. The molecule has 3 rings (SSSR count). The number of amides is 1. The summed E-state index contributed by atoms with van der Waals surface area (Å²) in [6, 6.07) is 13.7. The van der Waals surface area contributed by atoms with Gasteiger partial charge in [0.2, 0.25) is 10.0 Å². The number of carboxylic acid groups (broad SMARTS) is 2. The van der Waals surface area contributed by atoms with Gasteiger partial charge < -0.3 is 19.8 Å². The van der Waals surface area contributed by atoms with Crippen molar-refractivity contribution >= 4 is 38.6 Å². The van der Waals surface area contributed by atoms with Gasteiger partial charge in [-0.05, 0) is 29.8 Å². The number of piperazine rings is 1. The molecule has 168 valence electrons. The van der Waals surface area contributed by atoms with Crippen LogP contribution in [0.5, 0.6) is 5.75 Å². The molecule has 2 aromatic carbocycles. The summed E-state index contributed by atoms with van der Waals surface area (Å²) in [6.07, 6.45) is 0. The van der Waals surface area contributed by atoms with Crippen molar-refractivity contribution in [2.75, 3.05) is 38.5 Å². The number of carbonyl (C=O) groups is 3. The lowest BCUT2D eigenvalue weighted by molar-refractivity contribution is -0.159. The fraction of sp³-hybridized carbons (Fsp3) is 0.350. The number of rotatable bonds is 5. The summed E-state index contributed by atoms with van der Waals surface area (Å²) in [4.78, 5) is 32.1. The SMILES string of the molecule is CCS(=O)(=O)N1CCN(C(=O)COc2ccc3ccccc3c2)CC1.O=C(O)C(=O)O. The smallest absolute Gasteiger partial charge is 0.414 e. The molecular formula is C20H24N2O8S. The summed E-state index contributed by atoms with van der Waals surface area (Å²) < 4.78 is 30.8. The number of benzene rings is 2. The first-order chi connectivity index (χ1) is 14.6. The van der Waals surface area contributed by atoms with Crippen molar-refractivity contribution in [1.29, 1.82) is 0 Å². The van der Waals surface area contributed by atoms with Gasteiger partial charge in [0, 0.05) is 26.2 Å². The molecule has 10 nitrogen and oxygen atoms in total. The van der Waals surface area contributed by atoms with Crippen LogP contribution in [0.4, 0.5) is 0 Å². The Labute approximate surface area is 179 Å². The van der Waals surface area contributed by atoms with Crippen LogP contribution in [-0.4, -0.2) is 84.2 Å². The molecule has 1 saturated heterocycles. The maximum absolute atomic E-state index is 12.3. The Hall–Kier alpha value is -3.18. The van der Waals surface area contributed by atoms with Crippen LogP contribution in [0.1, 0.15) is 6.92 Å². The average Bonchev–Trinajstić information content (AvgIpc) is 2.77. The van der Waals surface area contributed by atoms with Gasteiger partial charge in [0.1, 0.15) is 5.75 Å². The van der Waals surface area contributed by atoms with Crippen LogP contribution >= 0.6 is 0 Å². The third kappa shape index (κ3) is 6.93. The summed E-state index contributed by atoms with van der Waals surface area (Å²) >= 11 is 0. The molecule has 0 saturated carbocycles. The van der Waals surface area contributed by atoms with Crippen molar-refractivity contribution in [3.8, 4) is 5.75 Å². The van der Waals surface area contributed by atoms with Crippen molar-refractivity contribution in [3.05, 3.63) is 42.5 Å². The van der Waals surface area contributed by atoms with Gasteiger partial charge in [-0.3, -0.25) is 4.79 Å². The summed E-state index contributed by atoms with van der Waals surface area (Å²) in [7, 11) is -3.18. The third-order valence-electron chi connectivity index (χ3n) is 4.62. The molecule has 1 aliphatic heterocycles. The number of fused-ring (bicyclic) bond motifs is 1. The van der Waals surface area contributed by atoms with Crippen molar-refractivity contribution in [3.63, 3.8) is 0 Å². The van der Waals surface area contributed by atoms with Gasteiger partial charge in [0.05, 0.1) is 5.75 Å². The van der Waals surface area contributed by atoms with Crippen molar-refractivity contribution < 1.29 is 37.8 Å². The van der Waals surface area contributed by atoms with E-state index in [2.05, 4.69) is 0 Å². The standard InChI is InChI=1S/C18H22N2O4S.C2H2O4/c1-2-25(22,23)20-11-9-19(10-12-20)18(21)14-24-17-8-7-15-5-3-4-6-16(15)13-17;3-1(4)2(5)6/h3-8,13H,2,9-12,14H2,1H3;(H,3,4)(H,5,6). The highest BCUT2D eigenvalue weighted by Crippen LogP contribution is 2.20. The van der Waals surface area contributed by atoms with Crippen LogP contribution in [-0.2, 0) is 24.4 Å². The zero-order valence-corrected chi connectivity index (χ0v) is 17.7. The highest BCUT2D eigenvalue weighted by Gasteiger charge is 2.27. The highest BCUT2D eigenvalue weighted by atomic mass is 32.2. The maximum Gasteiger partial charge on any atom is 0.414 e. The van der Waals surface area contributed by atoms with E-state index in [0.29, 0.717) is 31.9 Å². The normalized spacial score (nSPS) is 14.4. The van der Waals surface area contributed by atoms with Gasteiger partial charge in [-0.2, -0.15) is 4.31 Å². The van der Waals surface area contributed by atoms with Gasteiger partial charge in [-0.25, -0.2) is 18.0 Å². The number of sulfonamides is 1. The molecule has 2 N–H and O–H groups in total. The number of carboxylic acids is 2. The number of carbonyl (C=O) groups excluding carboxylic acids is 1. The Balaban J connectivity index is 0.000000501. The quantitative estimate of drug-likeness (QED) is 0.637. The summed E-state index contributed by atoms with van der Waals surface area (Å²) in [6.45, 7) is 3.08. The molecule has 1 heterocycles. The number of hydrogen-bond donors (Lipinski definition) is 2. The van der Waals surface area contributed by atoms with E-state index in [0.717, 1.165) is 10.8 Å². The first-order valence-electron chi connectivity index (χ1n) is 9.47. The minimum atomic E-state index is -3.18. The lowest BCUT2D eigenvalue weighted by Crippen LogP contribution is -2.51. The van der Waals surface area contributed by atoms with E-state index in [4.69, 9.17) is 24.5 Å². The molecule has 0 unspecified atom stereocenters. The molecular weight excluding hydrogens is 428 g/mol. The van der Waals surface area contributed by atoms with E-state index in [9.17, 15) is 13.2 Å². The fourth-order valence-electron chi connectivity index (χ4n) is 2.89. The van der Waals surface area contributed by atoms with Crippen LogP contribution < -0.4 is 4.74 Å². The Morgan fingerprint density at radius 1 is 0.935 bits per heavy atom. The summed E-state index contributed by atoms with van der Waals surface area (Å²) in [5, 5.41) is 17.0. The number of hydrogen-bond acceptors (Lipinski definition) is 6. The second kappa shape index (κ2) is 10.7. The second-order valence-electron chi connectivity index (χ2n) is 6.59. The molecule has 0 spiro atoms. The van der Waals surface area contributed by atoms with Gasteiger partial charge in [0.15, 0.2) is 6.61 Å². The molecule has 0 bridgehead atoms. The zero-order valence-electron chi connectivity index (χ0n) is 16.9. The van der Waals surface area contributed by atoms with Gasteiger partial charge in [0.25, 0.3) is 5.91 Å². The van der Waals surface area contributed by atoms with E-state index in [-0.39, 0.29) is 18.3 Å². The van der Waals surface area contributed by atoms with Crippen molar-refractivity contribution in [1.82, 2.24) is 9.21 Å². The Bertz CT molecular complexity index is 1030. The number of nitrogens with zero attached hydrogens (tertiary/aromatic N) is 2. The number of ether oxygens (including phenoxy) is 1. The molecule has 0 aliphatic carbocycles. The lowest BCUT2D eigenvalue weighted by Gasteiger charge is -2.33. The summed E-state index contributed by atoms with van der Waals surface area (Å²) in [5.74, 6) is -3.03. The largest absolute Gasteiger partial charge is 0.484 e. The molecule has 1 amide bonds. The Morgan fingerprint density at radius 2 is 1.52 bits per heavy atom. The lowest BCUT2D eigenvalue weighted by atomic mass is 10.1. The molecule has 0 aromatic heterocycles. The van der Waals surface area contributed by atoms with Crippen LogP contribution in [0.25, 0.3) is 10.8 Å². The van der Waals surface area contributed by atoms with Gasteiger partial charge >= 0.3 is 11.9 Å². The molecule has 31 heavy (non-hydrogen) atoms. The van der Waals surface area contributed by atoms with E-state index in [1.807, 2.05) is 42.5 Å². The molecule has 11 heteroatoms.